The van der Waals surface area contributed by atoms with Crippen molar-refractivity contribution in [1.29, 1.82) is 0 Å². The largest absolute Gasteiger partial charge is 0.511 e. The van der Waals surface area contributed by atoms with Crippen LogP contribution in [-0.4, -0.2) is 63.1 Å². The van der Waals surface area contributed by atoms with Gasteiger partial charge in [0.05, 0.1) is 30.4 Å². The monoisotopic (exact) mass is 570 g/mol. The summed E-state index contributed by atoms with van der Waals surface area (Å²) < 4.78 is 61.6. The van der Waals surface area contributed by atoms with E-state index in [-0.39, 0.29) is 57.4 Å². The van der Waals surface area contributed by atoms with Gasteiger partial charge < -0.3 is 20.1 Å². The fourth-order valence-corrected chi connectivity index (χ4v) is 9.09. The maximum atomic E-state index is 13.8. The summed E-state index contributed by atoms with van der Waals surface area (Å²) in [6.07, 6.45) is 2.06. The molecular formula is C21H22N4O7S4. The van der Waals surface area contributed by atoms with Gasteiger partial charge in [-0.3, -0.25) is 4.79 Å². The molecule has 4 atom stereocenters. The summed E-state index contributed by atoms with van der Waals surface area (Å²) in [6, 6.07) is 1.58. The molecule has 0 saturated carbocycles. The molecule has 11 nitrogen and oxygen atoms in total. The first kappa shape index (κ1) is 24.1. The van der Waals surface area contributed by atoms with Gasteiger partial charge in [0, 0.05) is 18.7 Å². The van der Waals surface area contributed by atoms with Crippen LogP contribution in [0, 0.1) is 5.92 Å². The van der Waals surface area contributed by atoms with Gasteiger partial charge in [0.15, 0.2) is 5.84 Å². The number of amides is 1. The molecule has 0 aliphatic carbocycles. The van der Waals surface area contributed by atoms with E-state index in [2.05, 4.69) is 14.4 Å². The average Bonchev–Trinajstić information content (AvgIpc) is 3.58. The van der Waals surface area contributed by atoms with Crippen molar-refractivity contribution in [3.8, 4) is 0 Å². The lowest BCUT2D eigenvalue weighted by molar-refractivity contribution is -0.133. The molecule has 0 aromatic carbocycles. The minimum Gasteiger partial charge on any atom is -0.511 e. The van der Waals surface area contributed by atoms with Gasteiger partial charge in [0.2, 0.25) is 10.0 Å². The number of carbonyl (C=O) groups is 1. The highest BCUT2D eigenvalue weighted by atomic mass is 32.2. The number of aliphatic hydroxyl groups is 1. The Morgan fingerprint density at radius 3 is 2.81 bits per heavy atom. The van der Waals surface area contributed by atoms with Crippen molar-refractivity contribution in [1.82, 2.24) is 9.62 Å². The van der Waals surface area contributed by atoms with Gasteiger partial charge in [0.1, 0.15) is 21.2 Å². The predicted octanol–water partition coefficient (Wildman–Crippen LogP) is 1.77. The van der Waals surface area contributed by atoms with Crippen LogP contribution >= 0.6 is 22.7 Å². The van der Waals surface area contributed by atoms with Crippen LogP contribution in [0.1, 0.15) is 24.0 Å². The van der Waals surface area contributed by atoms with Gasteiger partial charge in [-0.1, -0.05) is 0 Å². The summed E-state index contributed by atoms with van der Waals surface area (Å²) in [5, 5.41) is 19.8. The Morgan fingerprint density at radius 1 is 1.31 bits per heavy atom. The zero-order valence-corrected chi connectivity index (χ0v) is 22.1. The minimum atomic E-state index is -4.29. The molecule has 3 N–H and O–H groups in total. The number of thiophene rings is 2. The SMILES string of the molecule is CS(=O)(=O)NCc1csc2c1S(=O)(=O)N=C(C1=C(O)C3C4CCC(O4)C3N(Cc3ccsc3)C1=O)N2. The number of sulfonamides is 2. The van der Waals surface area contributed by atoms with Crippen molar-refractivity contribution in [2.24, 2.45) is 10.3 Å². The summed E-state index contributed by atoms with van der Waals surface area (Å²) in [7, 11) is -7.83. The number of amidine groups is 1. The lowest BCUT2D eigenvalue weighted by Crippen LogP contribution is -2.55. The molecule has 2 aromatic rings. The molecule has 4 aliphatic rings. The molecule has 6 rings (SSSR count). The molecule has 4 aliphatic heterocycles. The van der Waals surface area contributed by atoms with Crippen LogP contribution in [0.5, 0.6) is 0 Å². The lowest BCUT2D eigenvalue weighted by atomic mass is 9.78. The summed E-state index contributed by atoms with van der Waals surface area (Å²) in [4.78, 5) is 15.3. The highest BCUT2D eigenvalue weighted by Gasteiger charge is 2.58. The maximum absolute atomic E-state index is 13.8. The molecule has 2 bridgehead atoms. The first-order valence-corrected chi connectivity index (χ1v) is 16.3. The molecular weight excluding hydrogens is 549 g/mol. The molecule has 0 radical (unpaired) electrons. The Bertz CT molecular complexity index is 1530. The molecule has 2 aromatic heterocycles. The molecule has 36 heavy (non-hydrogen) atoms. The summed E-state index contributed by atoms with van der Waals surface area (Å²) >= 11 is 2.56. The maximum Gasteiger partial charge on any atom is 0.287 e. The Balaban J connectivity index is 1.40. The number of carbonyl (C=O) groups excluding carboxylic acids is 1. The van der Waals surface area contributed by atoms with Crippen LogP contribution in [0.25, 0.3) is 0 Å². The second-order valence-electron chi connectivity index (χ2n) is 9.18. The second-order valence-corrected chi connectivity index (χ2v) is 14.2. The Kier molecular flexibility index (Phi) is 5.59. The minimum absolute atomic E-state index is 0.146. The number of nitrogens with zero attached hydrogens (tertiary/aromatic N) is 2. The Labute approximate surface area is 215 Å². The van der Waals surface area contributed by atoms with Crippen molar-refractivity contribution in [2.45, 2.75) is 49.1 Å². The number of aliphatic hydroxyl groups excluding tert-OH is 1. The van der Waals surface area contributed by atoms with Crippen LogP contribution in [0.3, 0.4) is 0 Å². The van der Waals surface area contributed by atoms with Gasteiger partial charge >= 0.3 is 0 Å². The standard InChI is InChI=1S/C21H22N4O7S4/c1-35(28,29)22-6-11-9-34-20-18(11)36(30,31)24-19(23-20)15-17(26)14-12-2-3-13(32-12)16(14)25(21(15)27)7-10-4-5-33-8-10/h4-5,8-9,12-14,16,22,26H,2-3,6-7H2,1H3,(H,23,24). The molecule has 0 spiro atoms. The Hall–Kier alpha value is -2.30. The van der Waals surface area contributed by atoms with Crippen molar-refractivity contribution >= 4 is 59.5 Å². The van der Waals surface area contributed by atoms with E-state index >= 15 is 0 Å². The van der Waals surface area contributed by atoms with Gasteiger partial charge in [0.25, 0.3) is 15.9 Å². The van der Waals surface area contributed by atoms with Gasteiger partial charge in [-0.25, -0.2) is 13.1 Å². The Morgan fingerprint density at radius 2 is 2.08 bits per heavy atom. The number of rotatable bonds is 6. The van der Waals surface area contributed by atoms with E-state index in [9.17, 15) is 26.7 Å². The van der Waals surface area contributed by atoms with Gasteiger partial charge in [-0.05, 0) is 40.6 Å². The van der Waals surface area contributed by atoms with E-state index in [1.807, 2.05) is 16.8 Å². The molecule has 4 unspecified atom stereocenters. The van der Waals surface area contributed by atoms with Crippen LogP contribution in [0.4, 0.5) is 5.00 Å². The van der Waals surface area contributed by atoms with Crippen molar-refractivity contribution in [3.63, 3.8) is 0 Å². The van der Waals surface area contributed by atoms with Crippen molar-refractivity contribution in [3.05, 3.63) is 44.7 Å². The van der Waals surface area contributed by atoms with Crippen LogP contribution in [0.2, 0.25) is 0 Å². The summed E-state index contributed by atoms with van der Waals surface area (Å²) in [5.41, 5.74) is 0.996. The quantitative estimate of drug-likeness (QED) is 0.475. The zero-order valence-electron chi connectivity index (χ0n) is 18.9. The number of ether oxygens (including phenoxy) is 1. The van der Waals surface area contributed by atoms with Crippen LogP contribution in [-0.2, 0) is 42.7 Å². The van der Waals surface area contributed by atoms with E-state index in [4.69, 9.17) is 4.74 Å². The number of hydrogen-bond acceptors (Lipinski definition) is 10. The number of nitrogens with one attached hydrogen (secondary N) is 2. The van der Waals surface area contributed by atoms with E-state index in [1.54, 1.807) is 4.90 Å². The predicted molar refractivity (Wildman–Crippen MR) is 134 cm³/mol. The number of fused-ring (bicyclic) bond motifs is 6. The normalized spacial score (nSPS) is 28.6. The first-order chi connectivity index (χ1) is 17.0. The molecule has 2 saturated heterocycles. The average molecular weight is 571 g/mol. The third-order valence-corrected chi connectivity index (χ3v) is 10.7. The van der Waals surface area contributed by atoms with Crippen LogP contribution in [0.15, 0.2) is 42.8 Å². The molecule has 1 amide bonds. The third kappa shape index (κ3) is 3.88. The first-order valence-electron chi connectivity index (χ1n) is 11.1. The molecule has 192 valence electrons. The highest BCUT2D eigenvalue weighted by molar-refractivity contribution is 7.91. The lowest BCUT2D eigenvalue weighted by Gasteiger charge is -2.42. The smallest absolute Gasteiger partial charge is 0.287 e. The molecule has 6 heterocycles. The topological polar surface area (TPSA) is 154 Å². The van der Waals surface area contributed by atoms with E-state index in [1.165, 1.54) is 16.7 Å². The van der Waals surface area contributed by atoms with Crippen LogP contribution < -0.4 is 10.0 Å². The molecule has 2 fully saturated rings. The molecule has 15 heteroatoms. The van der Waals surface area contributed by atoms with E-state index in [0.29, 0.717) is 6.54 Å². The summed E-state index contributed by atoms with van der Waals surface area (Å²) in [6.45, 7) is 0.0837. The fraction of sp³-hybridized carbons (Fsp3) is 0.429. The fourth-order valence-electron chi connectivity index (χ4n) is 5.41. The van der Waals surface area contributed by atoms with E-state index < -0.39 is 31.9 Å². The van der Waals surface area contributed by atoms with Gasteiger partial charge in [-0.2, -0.15) is 19.8 Å². The van der Waals surface area contributed by atoms with E-state index in [0.717, 1.165) is 36.0 Å². The van der Waals surface area contributed by atoms with Crippen molar-refractivity contribution in [2.75, 3.05) is 11.6 Å². The zero-order chi connectivity index (χ0) is 25.4. The highest BCUT2D eigenvalue weighted by Crippen LogP contribution is 2.49. The number of anilines is 1. The third-order valence-electron chi connectivity index (χ3n) is 6.85. The van der Waals surface area contributed by atoms with Gasteiger partial charge in [-0.15, -0.1) is 15.7 Å². The second kappa shape index (κ2) is 8.36. The number of hydrogen-bond donors (Lipinski definition) is 3. The van der Waals surface area contributed by atoms with Crippen molar-refractivity contribution < 1.29 is 31.5 Å². The summed E-state index contributed by atoms with van der Waals surface area (Å²) in [5.74, 6) is -1.44.